The molecule has 2 N–H and O–H groups in total. The number of likely N-dealkylation sites (N-methyl/N-ethyl adjacent to an activating group) is 1. The van der Waals surface area contributed by atoms with E-state index in [-0.39, 0.29) is 11.9 Å². The zero-order valence-corrected chi connectivity index (χ0v) is 8.32. The minimum atomic E-state index is -0.239. The molecule has 0 saturated carbocycles. The molecule has 0 aromatic rings. The summed E-state index contributed by atoms with van der Waals surface area (Å²) in [5, 5.41) is 0. The molecule has 2 unspecified atom stereocenters. The summed E-state index contributed by atoms with van der Waals surface area (Å²) >= 11 is 0. The largest absolute Gasteiger partial charge is 0.380 e. The lowest BCUT2D eigenvalue weighted by Gasteiger charge is -2.29. The van der Waals surface area contributed by atoms with Crippen LogP contribution in [0.2, 0.25) is 0 Å². The number of hydrogen-bond acceptors (Lipinski definition) is 3. The normalized spacial score (nSPS) is 25.0. The second-order valence-corrected chi connectivity index (χ2v) is 3.51. The molecule has 1 aliphatic heterocycles. The van der Waals surface area contributed by atoms with Gasteiger partial charge >= 0.3 is 0 Å². The maximum Gasteiger partial charge on any atom is 0.234 e. The molecule has 1 heterocycles. The fourth-order valence-corrected chi connectivity index (χ4v) is 1.79. The van der Waals surface area contributed by atoms with Gasteiger partial charge in [-0.15, -0.1) is 0 Å². The van der Waals surface area contributed by atoms with E-state index in [0.717, 1.165) is 26.1 Å². The zero-order valence-electron chi connectivity index (χ0n) is 8.32. The van der Waals surface area contributed by atoms with Crippen LogP contribution in [0.4, 0.5) is 0 Å². The van der Waals surface area contributed by atoms with Crippen molar-refractivity contribution in [3.63, 3.8) is 0 Å². The molecule has 0 spiro atoms. The van der Waals surface area contributed by atoms with Crippen LogP contribution in [0.15, 0.2) is 0 Å². The van der Waals surface area contributed by atoms with Crippen LogP contribution in [-0.2, 0) is 9.53 Å². The fraction of sp³-hybridized carbons (Fsp3) is 0.889. The van der Waals surface area contributed by atoms with Gasteiger partial charge in [0, 0.05) is 12.6 Å². The summed E-state index contributed by atoms with van der Waals surface area (Å²) in [7, 11) is 1.94. The van der Waals surface area contributed by atoms with Gasteiger partial charge in [0.25, 0.3) is 0 Å². The number of ether oxygens (including phenoxy) is 1. The number of amides is 1. The van der Waals surface area contributed by atoms with Crippen LogP contribution in [0.5, 0.6) is 0 Å². The smallest absolute Gasteiger partial charge is 0.234 e. The van der Waals surface area contributed by atoms with Crippen LogP contribution in [0.1, 0.15) is 19.8 Å². The lowest BCUT2D eigenvalue weighted by atomic mass is 10.1. The molecule has 0 aromatic carbocycles. The van der Waals surface area contributed by atoms with Crippen molar-refractivity contribution in [3.8, 4) is 0 Å². The van der Waals surface area contributed by atoms with Gasteiger partial charge in [0.05, 0.1) is 12.6 Å². The lowest BCUT2D eigenvalue weighted by molar-refractivity contribution is -0.123. The Balaban J connectivity index is 2.51. The average Bonchev–Trinajstić information content (AvgIpc) is 2.56. The van der Waals surface area contributed by atoms with E-state index >= 15 is 0 Å². The van der Waals surface area contributed by atoms with Gasteiger partial charge < -0.3 is 10.5 Å². The van der Waals surface area contributed by atoms with Gasteiger partial charge in [-0.05, 0) is 19.9 Å². The van der Waals surface area contributed by atoms with Crippen molar-refractivity contribution in [2.24, 2.45) is 5.73 Å². The molecule has 0 aliphatic carbocycles. The first kappa shape index (κ1) is 10.5. The molecule has 0 radical (unpaired) electrons. The predicted octanol–water partition coefficient (Wildman–Crippen LogP) is -0.0290. The maximum absolute atomic E-state index is 11.1. The van der Waals surface area contributed by atoms with E-state index < -0.39 is 0 Å². The van der Waals surface area contributed by atoms with E-state index in [9.17, 15) is 4.79 Å². The summed E-state index contributed by atoms with van der Waals surface area (Å²) in [6, 6.07) is 0.212. The SMILES string of the molecule is CCC(C(N)=O)N(C)C1CCOC1. The predicted molar refractivity (Wildman–Crippen MR) is 50.3 cm³/mol. The van der Waals surface area contributed by atoms with E-state index in [1.807, 2.05) is 18.9 Å². The Bertz CT molecular complexity index is 178. The van der Waals surface area contributed by atoms with Crippen molar-refractivity contribution >= 4 is 5.91 Å². The molecule has 0 aromatic heterocycles. The van der Waals surface area contributed by atoms with Gasteiger partial charge in [-0.3, -0.25) is 9.69 Å². The summed E-state index contributed by atoms with van der Waals surface area (Å²) in [4.78, 5) is 13.1. The number of nitrogens with zero attached hydrogens (tertiary/aromatic N) is 1. The Hall–Kier alpha value is -0.610. The topological polar surface area (TPSA) is 55.6 Å². The highest BCUT2D eigenvalue weighted by atomic mass is 16.5. The first-order valence-electron chi connectivity index (χ1n) is 4.75. The summed E-state index contributed by atoms with van der Waals surface area (Å²) in [5.74, 6) is -0.239. The summed E-state index contributed by atoms with van der Waals surface area (Å²) < 4.78 is 5.26. The molecule has 1 amide bonds. The monoisotopic (exact) mass is 186 g/mol. The first-order valence-corrected chi connectivity index (χ1v) is 4.75. The number of rotatable bonds is 4. The Morgan fingerprint density at radius 3 is 2.85 bits per heavy atom. The van der Waals surface area contributed by atoms with Gasteiger partial charge in [0.15, 0.2) is 0 Å². The molecule has 0 bridgehead atoms. The molecular formula is C9H18N2O2. The van der Waals surface area contributed by atoms with Gasteiger partial charge in [-0.25, -0.2) is 0 Å². The molecule has 4 heteroatoms. The van der Waals surface area contributed by atoms with Crippen LogP contribution < -0.4 is 5.73 Å². The molecular weight excluding hydrogens is 168 g/mol. The van der Waals surface area contributed by atoms with Crippen molar-refractivity contribution in [2.75, 3.05) is 20.3 Å². The Labute approximate surface area is 79.0 Å². The summed E-state index contributed by atoms with van der Waals surface area (Å²) in [6.45, 7) is 3.49. The van der Waals surface area contributed by atoms with Gasteiger partial charge in [-0.2, -0.15) is 0 Å². The number of nitrogens with two attached hydrogens (primary N) is 1. The number of hydrogen-bond donors (Lipinski definition) is 1. The molecule has 2 atom stereocenters. The Kier molecular flexibility index (Phi) is 3.69. The molecule has 1 fully saturated rings. The lowest BCUT2D eigenvalue weighted by Crippen LogP contribution is -2.47. The van der Waals surface area contributed by atoms with Crippen molar-refractivity contribution in [1.82, 2.24) is 4.90 Å². The quantitative estimate of drug-likeness (QED) is 0.671. The third kappa shape index (κ3) is 2.42. The maximum atomic E-state index is 11.1. The number of carbonyl (C=O) groups is 1. The van der Waals surface area contributed by atoms with E-state index in [1.165, 1.54) is 0 Å². The van der Waals surface area contributed by atoms with Gasteiger partial charge in [0.2, 0.25) is 5.91 Å². The second-order valence-electron chi connectivity index (χ2n) is 3.51. The van der Waals surface area contributed by atoms with Crippen LogP contribution in [0.3, 0.4) is 0 Å². The third-order valence-corrected chi connectivity index (χ3v) is 2.69. The van der Waals surface area contributed by atoms with E-state index in [1.54, 1.807) is 0 Å². The van der Waals surface area contributed by atoms with Crippen molar-refractivity contribution in [1.29, 1.82) is 0 Å². The molecule has 76 valence electrons. The molecule has 13 heavy (non-hydrogen) atoms. The average molecular weight is 186 g/mol. The van der Waals surface area contributed by atoms with Crippen LogP contribution >= 0.6 is 0 Å². The number of primary amides is 1. The highest BCUT2D eigenvalue weighted by molar-refractivity contribution is 5.79. The van der Waals surface area contributed by atoms with Crippen LogP contribution in [-0.4, -0.2) is 43.2 Å². The van der Waals surface area contributed by atoms with Crippen molar-refractivity contribution < 1.29 is 9.53 Å². The van der Waals surface area contributed by atoms with Crippen LogP contribution in [0, 0.1) is 0 Å². The molecule has 4 nitrogen and oxygen atoms in total. The Morgan fingerprint density at radius 1 is 1.77 bits per heavy atom. The minimum absolute atomic E-state index is 0.147. The van der Waals surface area contributed by atoms with Gasteiger partial charge in [0.1, 0.15) is 0 Å². The van der Waals surface area contributed by atoms with Crippen LogP contribution in [0.25, 0.3) is 0 Å². The first-order chi connectivity index (χ1) is 6.16. The summed E-state index contributed by atoms with van der Waals surface area (Å²) in [6.07, 6.45) is 1.77. The summed E-state index contributed by atoms with van der Waals surface area (Å²) in [5.41, 5.74) is 5.29. The standard InChI is InChI=1S/C9H18N2O2/c1-3-8(9(10)12)11(2)7-4-5-13-6-7/h7-8H,3-6H2,1-2H3,(H2,10,12). The number of carbonyl (C=O) groups excluding carboxylic acids is 1. The highest BCUT2D eigenvalue weighted by Gasteiger charge is 2.27. The third-order valence-electron chi connectivity index (χ3n) is 2.69. The molecule has 1 aliphatic rings. The second kappa shape index (κ2) is 4.58. The fourth-order valence-electron chi connectivity index (χ4n) is 1.79. The minimum Gasteiger partial charge on any atom is -0.380 e. The Morgan fingerprint density at radius 2 is 2.46 bits per heavy atom. The van der Waals surface area contributed by atoms with Gasteiger partial charge in [-0.1, -0.05) is 6.92 Å². The van der Waals surface area contributed by atoms with Crippen molar-refractivity contribution in [2.45, 2.75) is 31.8 Å². The van der Waals surface area contributed by atoms with Crippen molar-refractivity contribution in [3.05, 3.63) is 0 Å². The molecule has 1 saturated heterocycles. The zero-order chi connectivity index (χ0) is 9.84. The van der Waals surface area contributed by atoms with E-state index in [2.05, 4.69) is 0 Å². The van der Waals surface area contributed by atoms with E-state index in [4.69, 9.17) is 10.5 Å². The van der Waals surface area contributed by atoms with E-state index in [0.29, 0.717) is 6.04 Å². The highest BCUT2D eigenvalue weighted by Crippen LogP contribution is 2.14. The molecule has 1 rings (SSSR count).